The van der Waals surface area contributed by atoms with Gasteiger partial charge in [-0.1, -0.05) is 54.6 Å². The van der Waals surface area contributed by atoms with Crippen molar-refractivity contribution in [3.05, 3.63) is 89.0 Å². The van der Waals surface area contributed by atoms with E-state index in [1.807, 2.05) is 24.3 Å². The van der Waals surface area contributed by atoms with Gasteiger partial charge in [0.15, 0.2) is 11.5 Å². The van der Waals surface area contributed by atoms with Crippen LogP contribution in [-0.4, -0.2) is 32.0 Å². The average Bonchev–Trinajstić information content (AvgIpc) is 2.78. The Morgan fingerprint density at radius 3 is 2.21 bits per heavy atom. The fraction of sp³-hybridized carbons (Fsp3) is 0.208. The van der Waals surface area contributed by atoms with Gasteiger partial charge in [0.2, 0.25) is 5.75 Å². The summed E-state index contributed by atoms with van der Waals surface area (Å²) in [5, 5.41) is 7.09. The Bertz CT molecular complexity index is 1030. The second-order valence-electron chi connectivity index (χ2n) is 6.80. The number of hydrogen-bond acceptors (Lipinski definition) is 5. The van der Waals surface area contributed by atoms with Crippen LogP contribution >= 0.6 is 0 Å². The summed E-state index contributed by atoms with van der Waals surface area (Å²) in [6.45, 7) is 1.48. The number of nitrogens with zero attached hydrogens (tertiary/aromatic N) is 2. The maximum atomic E-state index is 5.73. The normalized spacial score (nSPS) is 12.8. The summed E-state index contributed by atoms with van der Waals surface area (Å²) in [6.07, 6.45) is 0. The van der Waals surface area contributed by atoms with Gasteiger partial charge in [-0.25, -0.2) is 0 Å². The predicted molar refractivity (Wildman–Crippen MR) is 114 cm³/mol. The molecule has 0 N–H and O–H groups in total. The van der Waals surface area contributed by atoms with Crippen molar-refractivity contribution >= 4 is 5.71 Å². The molecule has 0 saturated heterocycles. The lowest BCUT2D eigenvalue weighted by Gasteiger charge is -2.28. The van der Waals surface area contributed by atoms with Crippen molar-refractivity contribution in [3.63, 3.8) is 0 Å². The van der Waals surface area contributed by atoms with Gasteiger partial charge in [-0.15, -0.1) is 0 Å². The zero-order chi connectivity index (χ0) is 20.2. The van der Waals surface area contributed by atoms with E-state index in [9.17, 15) is 0 Å². The van der Waals surface area contributed by atoms with Crippen molar-refractivity contribution in [3.8, 4) is 17.2 Å². The molecule has 0 bridgehead atoms. The van der Waals surface area contributed by atoms with E-state index in [1.165, 1.54) is 11.1 Å². The van der Waals surface area contributed by atoms with Gasteiger partial charge < -0.3 is 14.2 Å². The largest absolute Gasteiger partial charge is 0.493 e. The molecule has 5 nitrogen and oxygen atoms in total. The molecule has 29 heavy (non-hydrogen) atoms. The standard InChI is InChI=1S/C24H24N2O3/c1-27-21-14-13-20(23(28-2)24(21)29-3)22-19-12-8-7-11-18(19)16-26(25-22)15-17-9-5-4-6-10-17/h4-14H,15-16H2,1-3H3. The Hall–Kier alpha value is -3.47. The Morgan fingerprint density at radius 1 is 0.759 bits per heavy atom. The topological polar surface area (TPSA) is 43.3 Å². The number of hydrazone groups is 1. The summed E-state index contributed by atoms with van der Waals surface area (Å²) in [7, 11) is 4.87. The molecular formula is C24H24N2O3. The second-order valence-corrected chi connectivity index (χ2v) is 6.80. The minimum atomic E-state index is 0.563. The SMILES string of the molecule is COc1ccc(C2=NN(Cc3ccccc3)Cc3ccccc32)c(OC)c1OC. The second kappa shape index (κ2) is 8.27. The molecule has 0 aromatic heterocycles. The summed E-state index contributed by atoms with van der Waals surface area (Å²) in [5.74, 6) is 1.80. The van der Waals surface area contributed by atoms with E-state index in [-0.39, 0.29) is 0 Å². The number of fused-ring (bicyclic) bond motifs is 1. The number of hydrogen-bond donors (Lipinski definition) is 0. The highest BCUT2D eigenvalue weighted by Crippen LogP contribution is 2.41. The first-order valence-corrected chi connectivity index (χ1v) is 9.50. The molecule has 1 heterocycles. The van der Waals surface area contributed by atoms with Gasteiger partial charge in [-0.3, -0.25) is 5.01 Å². The molecule has 1 aliphatic rings. The minimum Gasteiger partial charge on any atom is -0.493 e. The first-order chi connectivity index (χ1) is 14.2. The highest BCUT2D eigenvalue weighted by atomic mass is 16.5. The van der Waals surface area contributed by atoms with E-state index >= 15 is 0 Å². The Labute approximate surface area is 171 Å². The Balaban J connectivity index is 1.83. The molecule has 4 rings (SSSR count). The molecule has 3 aromatic rings. The average molecular weight is 388 g/mol. The zero-order valence-electron chi connectivity index (χ0n) is 16.9. The smallest absolute Gasteiger partial charge is 0.203 e. The highest BCUT2D eigenvalue weighted by molar-refractivity contribution is 6.16. The van der Waals surface area contributed by atoms with Crippen LogP contribution in [-0.2, 0) is 13.1 Å². The number of methoxy groups -OCH3 is 3. The van der Waals surface area contributed by atoms with E-state index < -0.39 is 0 Å². The van der Waals surface area contributed by atoms with Gasteiger partial charge in [0.25, 0.3) is 0 Å². The van der Waals surface area contributed by atoms with Crippen molar-refractivity contribution in [2.45, 2.75) is 13.1 Å². The molecule has 3 aromatic carbocycles. The van der Waals surface area contributed by atoms with Crippen molar-refractivity contribution in [2.75, 3.05) is 21.3 Å². The molecule has 0 fully saturated rings. The van der Waals surface area contributed by atoms with Crippen LogP contribution in [0, 0.1) is 0 Å². The van der Waals surface area contributed by atoms with Crippen molar-refractivity contribution in [2.24, 2.45) is 5.10 Å². The van der Waals surface area contributed by atoms with E-state index in [0.717, 1.165) is 29.9 Å². The molecule has 5 heteroatoms. The zero-order valence-corrected chi connectivity index (χ0v) is 16.9. The monoisotopic (exact) mass is 388 g/mol. The molecule has 0 saturated carbocycles. The Morgan fingerprint density at radius 2 is 1.48 bits per heavy atom. The molecule has 1 aliphatic heterocycles. The third-order valence-electron chi connectivity index (χ3n) is 5.03. The maximum absolute atomic E-state index is 5.73. The lowest BCUT2D eigenvalue weighted by atomic mass is 9.95. The van der Waals surface area contributed by atoms with Gasteiger partial charge in [-0.2, -0.15) is 5.10 Å². The lowest BCUT2D eigenvalue weighted by Crippen LogP contribution is -2.26. The van der Waals surface area contributed by atoms with E-state index in [4.69, 9.17) is 19.3 Å². The van der Waals surface area contributed by atoms with Crippen LogP contribution in [0.1, 0.15) is 22.3 Å². The van der Waals surface area contributed by atoms with Crippen molar-refractivity contribution in [1.82, 2.24) is 5.01 Å². The summed E-state index contributed by atoms with van der Waals surface area (Å²) >= 11 is 0. The molecule has 0 spiro atoms. The maximum Gasteiger partial charge on any atom is 0.203 e. The van der Waals surface area contributed by atoms with Gasteiger partial charge in [-0.05, 0) is 23.3 Å². The summed E-state index contributed by atoms with van der Waals surface area (Å²) < 4.78 is 16.7. The summed E-state index contributed by atoms with van der Waals surface area (Å²) in [5.41, 5.74) is 5.28. The van der Waals surface area contributed by atoms with Gasteiger partial charge in [0, 0.05) is 11.1 Å². The molecular weight excluding hydrogens is 364 g/mol. The third kappa shape index (κ3) is 3.63. The van der Waals surface area contributed by atoms with Crippen LogP contribution < -0.4 is 14.2 Å². The number of benzene rings is 3. The quantitative estimate of drug-likeness (QED) is 0.624. The first-order valence-electron chi connectivity index (χ1n) is 9.50. The van der Waals surface area contributed by atoms with Crippen molar-refractivity contribution < 1.29 is 14.2 Å². The fourth-order valence-electron chi connectivity index (χ4n) is 3.69. The van der Waals surface area contributed by atoms with Gasteiger partial charge >= 0.3 is 0 Å². The molecule has 0 aliphatic carbocycles. The minimum absolute atomic E-state index is 0.563. The van der Waals surface area contributed by atoms with Crippen LogP contribution in [0.3, 0.4) is 0 Å². The van der Waals surface area contributed by atoms with E-state index in [1.54, 1.807) is 21.3 Å². The van der Waals surface area contributed by atoms with Crippen LogP contribution in [0.25, 0.3) is 0 Å². The molecule has 0 atom stereocenters. The van der Waals surface area contributed by atoms with Gasteiger partial charge in [0.05, 0.1) is 34.4 Å². The lowest BCUT2D eigenvalue weighted by molar-refractivity contribution is 0.266. The van der Waals surface area contributed by atoms with Crippen LogP contribution in [0.2, 0.25) is 0 Å². The third-order valence-corrected chi connectivity index (χ3v) is 5.03. The fourth-order valence-corrected chi connectivity index (χ4v) is 3.69. The predicted octanol–water partition coefficient (Wildman–Crippen LogP) is 4.48. The van der Waals surface area contributed by atoms with Gasteiger partial charge in [0.1, 0.15) is 5.71 Å². The number of ether oxygens (including phenoxy) is 3. The highest BCUT2D eigenvalue weighted by Gasteiger charge is 2.25. The van der Waals surface area contributed by atoms with E-state index in [2.05, 4.69) is 47.5 Å². The molecule has 0 radical (unpaired) electrons. The Kier molecular flexibility index (Phi) is 5.38. The molecule has 0 unspecified atom stereocenters. The summed E-state index contributed by atoms with van der Waals surface area (Å²) in [4.78, 5) is 0. The van der Waals surface area contributed by atoms with Crippen LogP contribution in [0.5, 0.6) is 17.2 Å². The summed E-state index contributed by atoms with van der Waals surface area (Å²) in [6, 6.07) is 22.6. The number of rotatable bonds is 6. The van der Waals surface area contributed by atoms with Crippen LogP contribution in [0.4, 0.5) is 0 Å². The molecule has 0 amide bonds. The molecule has 148 valence electrons. The van der Waals surface area contributed by atoms with Crippen LogP contribution in [0.15, 0.2) is 71.8 Å². The van der Waals surface area contributed by atoms with Crippen molar-refractivity contribution in [1.29, 1.82) is 0 Å². The first kappa shape index (κ1) is 18.9. The van der Waals surface area contributed by atoms with E-state index in [0.29, 0.717) is 17.2 Å².